The summed E-state index contributed by atoms with van der Waals surface area (Å²) in [5.41, 5.74) is -2.96. The quantitative estimate of drug-likeness (QED) is 0.534. The number of hydrogen-bond donors (Lipinski definition) is 3. The fourth-order valence-corrected chi connectivity index (χ4v) is 4.47. The van der Waals surface area contributed by atoms with Gasteiger partial charge in [0, 0.05) is 6.54 Å². The summed E-state index contributed by atoms with van der Waals surface area (Å²) in [5, 5.41) is 9.04. The highest BCUT2D eigenvalue weighted by Gasteiger charge is 2.46. The molecule has 2 aromatic carbocycles. The summed E-state index contributed by atoms with van der Waals surface area (Å²) < 4.78 is 85.4. The normalized spacial score (nSPS) is 25.9. The molecule has 5 nitrogen and oxygen atoms in total. The standard InChI is InChI=1S/C23H23F6N3O2/c1-13(14-7-16(22(24,25)26)9-17(8-14)23(27,28)29)34-12-21(15-5-3-2-4-6-15)10-18-19(11-30-21)32-20(33)31-18/h2-9,13,18-19,30H,10-12H2,1H3,(H2,31,32,33)/t13-,18-,19-,21-/m1/s1. The van der Waals surface area contributed by atoms with Crippen LogP contribution >= 0.6 is 0 Å². The van der Waals surface area contributed by atoms with E-state index in [9.17, 15) is 31.1 Å². The Labute approximate surface area is 191 Å². The number of piperidine rings is 1. The van der Waals surface area contributed by atoms with Crippen LogP contribution in [-0.2, 0) is 22.6 Å². The largest absolute Gasteiger partial charge is 0.416 e. The summed E-state index contributed by atoms with van der Waals surface area (Å²) in [4.78, 5) is 11.8. The highest BCUT2D eigenvalue weighted by molar-refractivity contribution is 5.77. The number of benzene rings is 2. The zero-order chi connectivity index (χ0) is 24.7. The second-order valence-electron chi connectivity index (χ2n) is 8.66. The van der Waals surface area contributed by atoms with Crippen molar-refractivity contribution in [2.24, 2.45) is 0 Å². The zero-order valence-corrected chi connectivity index (χ0v) is 18.1. The molecule has 34 heavy (non-hydrogen) atoms. The molecule has 0 bridgehead atoms. The molecule has 0 aliphatic carbocycles. The lowest BCUT2D eigenvalue weighted by Crippen LogP contribution is -2.60. The molecule has 2 aromatic rings. The number of amides is 2. The summed E-state index contributed by atoms with van der Waals surface area (Å²) in [6.45, 7) is 1.80. The molecule has 0 saturated carbocycles. The van der Waals surface area contributed by atoms with Gasteiger partial charge >= 0.3 is 18.4 Å². The number of halogens is 6. The summed E-state index contributed by atoms with van der Waals surface area (Å²) in [7, 11) is 0. The Morgan fingerprint density at radius 3 is 2.15 bits per heavy atom. The lowest BCUT2D eigenvalue weighted by molar-refractivity contribution is -0.143. The number of fused-ring (bicyclic) bond motifs is 1. The van der Waals surface area contributed by atoms with Crippen molar-refractivity contribution in [3.63, 3.8) is 0 Å². The van der Waals surface area contributed by atoms with Crippen molar-refractivity contribution in [3.8, 4) is 0 Å². The van der Waals surface area contributed by atoms with Gasteiger partial charge in [-0.05, 0) is 42.7 Å². The van der Waals surface area contributed by atoms with Crippen LogP contribution in [0.15, 0.2) is 48.5 Å². The van der Waals surface area contributed by atoms with E-state index in [0.717, 1.165) is 5.56 Å². The highest BCUT2D eigenvalue weighted by atomic mass is 19.4. The molecule has 11 heteroatoms. The third-order valence-corrected chi connectivity index (χ3v) is 6.33. The Bertz CT molecular complexity index is 1010. The molecule has 4 atom stereocenters. The molecule has 2 aliphatic rings. The van der Waals surface area contributed by atoms with Gasteiger partial charge in [-0.25, -0.2) is 4.79 Å². The lowest BCUT2D eigenvalue weighted by atomic mass is 9.79. The van der Waals surface area contributed by atoms with Crippen molar-refractivity contribution in [1.82, 2.24) is 16.0 Å². The van der Waals surface area contributed by atoms with Gasteiger partial charge < -0.3 is 20.7 Å². The summed E-state index contributed by atoms with van der Waals surface area (Å²) in [6.07, 6.45) is -10.5. The number of urea groups is 1. The Balaban J connectivity index is 1.61. The van der Waals surface area contributed by atoms with Crippen molar-refractivity contribution in [3.05, 3.63) is 70.8 Å². The van der Waals surface area contributed by atoms with Crippen LogP contribution in [0.25, 0.3) is 0 Å². The Morgan fingerprint density at radius 1 is 0.971 bits per heavy atom. The third kappa shape index (κ3) is 5.00. The van der Waals surface area contributed by atoms with Crippen molar-refractivity contribution < 1.29 is 35.9 Å². The number of carbonyl (C=O) groups is 1. The number of nitrogens with one attached hydrogen (secondary N) is 3. The van der Waals surface area contributed by atoms with Gasteiger partial charge in [0.1, 0.15) is 0 Å². The predicted molar refractivity (Wildman–Crippen MR) is 111 cm³/mol. The molecule has 2 amide bonds. The molecule has 0 unspecified atom stereocenters. The van der Waals surface area contributed by atoms with E-state index in [4.69, 9.17) is 4.74 Å². The van der Waals surface area contributed by atoms with Crippen molar-refractivity contribution >= 4 is 6.03 Å². The first-order valence-electron chi connectivity index (χ1n) is 10.7. The van der Waals surface area contributed by atoms with E-state index < -0.39 is 35.1 Å². The summed E-state index contributed by atoms with van der Waals surface area (Å²) in [5.74, 6) is 0. The van der Waals surface area contributed by atoms with Gasteiger partial charge in [-0.15, -0.1) is 0 Å². The Morgan fingerprint density at radius 2 is 1.56 bits per heavy atom. The minimum atomic E-state index is -4.94. The molecule has 0 aromatic heterocycles. The number of rotatable bonds is 5. The molecule has 0 spiro atoms. The fraction of sp³-hybridized carbons (Fsp3) is 0.435. The summed E-state index contributed by atoms with van der Waals surface area (Å²) in [6, 6.07) is 10.0. The van der Waals surface area contributed by atoms with Crippen LogP contribution in [0.2, 0.25) is 0 Å². The maximum Gasteiger partial charge on any atom is 0.416 e. The SMILES string of the molecule is C[C@@H](OC[C@@]1(c2ccccc2)C[C@H]2NC(=O)N[C@@H]2CN1)c1cc(C(F)(F)F)cc(C(F)(F)F)c1. The van der Waals surface area contributed by atoms with E-state index in [2.05, 4.69) is 16.0 Å². The van der Waals surface area contributed by atoms with Crippen LogP contribution in [-0.4, -0.2) is 31.3 Å². The average Bonchev–Trinajstić information content (AvgIpc) is 3.15. The first-order valence-corrected chi connectivity index (χ1v) is 10.7. The van der Waals surface area contributed by atoms with Crippen molar-refractivity contribution in [2.45, 2.75) is 49.4 Å². The lowest BCUT2D eigenvalue weighted by Gasteiger charge is -2.43. The molecule has 184 valence electrons. The Hall–Kier alpha value is -2.79. The van der Waals surface area contributed by atoms with Gasteiger partial charge in [0.15, 0.2) is 0 Å². The second-order valence-corrected chi connectivity index (χ2v) is 8.66. The van der Waals surface area contributed by atoms with Gasteiger partial charge in [-0.1, -0.05) is 30.3 Å². The van der Waals surface area contributed by atoms with Crippen molar-refractivity contribution in [1.29, 1.82) is 0 Å². The topological polar surface area (TPSA) is 62.4 Å². The summed E-state index contributed by atoms with van der Waals surface area (Å²) >= 11 is 0. The number of hydrogen-bond acceptors (Lipinski definition) is 3. The molecule has 2 heterocycles. The first kappa shape index (κ1) is 24.3. The molecular formula is C23H23F6N3O2. The van der Waals surface area contributed by atoms with Crippen LogP contribution in [0.1, 0.15) is 41.7 Å². The van der Waals surface area contributed by atoms with Gasteiger partial charge in [-0.2, -0.15) is 26.3 Å². The molecule has 3 N–H and O–H groups in total. The van der Waals surface area contributed by atoms with Gasteiger partial charge in [0.05, 0.1) is 41.5 Å². The van der Waals surface area contributed by atoms with E-state index in [1.165, 1.54) is 6.92 Å². The number of alkyl halides is 6. The number of carbonyl (C=O) groups excluding carboxylic acids is 1. The van der Waals surface area contributed by atoms with Gasteiger partial charge in [0.2, 0.25) is 0 Å². The molecule has 4 rings (SSSR count). The molecular weight excluding hydrogens is 464 g/mol. The monoisotopic (exact) mass is 487 g/mol. The van der Waals surface area contributed by atoms with Crippen LogP contribution in [0.5, 0.6) is 0 Å². The van der Waals surface area contributed by atoms with E-state index in [1.807, 2.05) is 30.3 Å². The van der Waals surface area contributed by atoms with E-state index >= 15 is 0 Å². The molecule has 2 aliphatic heterocycles. The highest BCUT2D eigenvalue weighted by Crippen LogP contribution is 2.39. The zero-order valence-electron chi connectivity index (χ0n) is 18.1. The van der Waals surface area contributed by atoms with Crippen molar-refractivity contribution in [2.75, 3.05) is 13.2 Å². The number of ether oxygens (including phenoxy) is 1. The van der Waals surface area contributed by atoms with Crippen LogP contribution in [0.3, 0.4) is 0 Å². The van der Waals surface area contributed by atoms with Gasteiger partial charge in [0.25, 0.3) is 0 Å². The maximum atomic E-state index is 13.3. The predicted octanol–water partition coefficient (Wildman–Crippen LogP) is 4.74. The van der Waals surface area contributed by atoms with E-state index in [-0.39, 0.29) is 36.4 Å². The van der Waals surface area contributed by atoms with E-state index in [0.29, 0.717) is 25.1 Å². The smallest absolute Gasteiger partial charge is 0.372 e. The molecule has 2 saturated heterocycles. The van der Waals surface area contributed by atoms with Gasteiger partial charge in [-0.3, -0.25) is 0 Å². The minimum absolute atomic E-state index is 0.0329. The Kier molecular flexibility index (Phi) is 6.28. The minimum Gasteiger partial charge on any atom is -0.372 e. The van der Waals surface area contributed by atoms with E-state index in [1.54, 1.807) is 0 Å². The van der Waals surface area contributed by atoms with Crippen LogP contribution < -0.4 is 16.0 Å². The third-order valence-electron chi connectivity index (χ3n) is 6.33. The molecule has 0 radical (unpaired) electrons. The molecule has 2 fully saturated rings. The van der Waals surface area contributed by atoms with Crippen LogP contribution in [0.4, 0.5) is 31.1 Å². The first-order chi connectivity index (χ1) is 15.9. The maximum absolute atomic E-state index is 13.3. The average molecular weight is 487 g/mol. The van der Waals surface area contributed by atoms with Crippen LogP contribution in [0, 0.1) is 0 Å². The second kappa shape index (κ2) is 8.77. The fourth-order valence-electron chi connectivity index (χ4n) is 4.47.